The van der Waals surface area contributed by atoms with Crippen molar-refractivity contribution in [3.8, 4) is 0 Å². The largest absolute Gasteiger partial charge is 0.393 e. The summed E-state index contributed by atoms with van der Waals surface area (Å²) in [6.45, 7) is 6.40. The zero-order valence-corrected chi connectivity index (χ0v) is 6.44. The van der Waals surface area contributed by atoms with Gasteiger partial charge < -0.3 is 10.2 Å². The third kappa shape index (κ3) is 1.82. The highest BCUT2D eigenvalue weighted by Crippen LogP contribution is 2.18. The van der Waals surface area contributed by atoms with Crippen molar-refractivity contribution < 1.29 is 10.2 Å². The maximum Gasteiger partial charge on any atom is 0.187 e. The Morgan fingerprint density at radius 3 is 2.83 bits per heavy atom. The Labute approximate surface area is 70.7 Å². The van der Waals surface area contributed by atoms with Crippen molar-refractivity contribution in [2.24, 2.45) is 0 Å². The van der Waals surface area contributed by atoms with Crippen LogP contribution in [0.1, 0.15) is 11.7 Å². The lowest BCUT2D eigenvalue weighted by Gasteiger charge is -2.06. The summed E-state index contributed by atoms with van der Waals surface area (Å²) in [7, 11) is 0. The molecule has 1 atom stereocenters. The molecule has 1 rings (SSSR count). The molecular weight excluding hydrogens is 154 g/mol. The van der Waals surface area contributed by atoms with Gasteiger partial charge in [-0.2, -0.15) is 0 Å². The molecule has 3 nitrogen and oxygen atoms in total. The fourth-order valence-electron chi connectivity index (χ4n) is 0.907. The molecule has 0 fully saturated rings. The number of aliphatic hydroxyl groups excluding tert-OH is 2. The topological polar surface area (TPSA) is 44.8 Å². The van der Waals surface area contributed by atoms with Gasteiger partial charge in [-0.25, -0.2) is 4.85 Å². The second-order valence-electron chi connectivity index (χ2n) is 2.41. The predicted octanol–water partition coefficient (Wildman–Crippen LogP) is 1.26. The van der Waals surface area contributed by atoms with Crippen molar-refractivity contribution in [1.82, 2.24) is 0 Å². The molecule has 0 aliphatic heterocycles. The molecule has 1 aromatic rings. The van der Waals surface area contributed by atoms with Crippen LogP contribution < -0.4 is 0 Å². The van der Waals surface area contributed by atoms with Crippen molar-refractivity contribution in [3.63, 3.8) is 0 Å². The van der Waals surface area contributed by atoms with E-state index in [0.29, 0.717) is 11.3 Å². The third-order valence-electron chi connectivity index (χ3n) is 1.56. The Morgan fingerprint density at radius 2 is 2.25 bits per heavy atom. The second-order valence-corrected chi connectivity index (χ2v) is 2.41. The lowest BCUT2D eigenvalue weighted by Crippen LogP contribution is -2.01. The van der Waals surface area contributed by atoms with E-state index in [1.54, 1.807) is 24.3 Å². The van der Waals surface area contributed by atoms with Gasteiger partial charge in [0.2, 0.25) is 0 Å². The second kappa shape index (κ2) is 3.86. The molecule has 1 aromatic carbocycles. The van der Waals surface area contributed by atoms with Gasteiger partial charge in [0.05, 0.1) is 13.2 Å². The summed E-state index contributed by atoms with van der Waals surface area (Å²) in [6, 6.07) is 6.58. The smallest absolute Gasteiger partial charge is 0.187 e. The van der Waals surface area contributed by atoms with Crippen LogP contribution in [0.2, 0.25) is 0 Å². The van der Waals surface area contributed by atoms with Crippen LogP contribution in [0.5, 0.6) is 0 Å². The Kier molecular flexibility index (Phi) is 2.81. The Hall–Kier alpha value is -1.37. The molecule has 62 valence electrons. The maximum absolute atomic E-state index is 9.20. The van der Waals surface area contributed by atoms with Crippen molar-refractivity contribution in [2.45, 2.75) is 6.10 Å². The summed E-state index contributed by atoms with van der Waals surface area (Å²) in [5, 5.41) is 17.8. The molecule has 0 saturated heterocycles. The van der Waals surface area contributed by atoms with Crippen LogP contribution >= 0.6 is 0 Å². The highest BCUT2D eigenvalue weighted by molar-refractivity contribution is 5.46. The average molecular weight is 163 g/mol. The first-order valence-corrected chi connectivity index (χ1v) is 3.54. The number of hydrogen-bond acceptors (Lipinski definition) is 2. The molecule has 1 unspecified atom stereocenters. The van der Waals surface area contributed by atoms with E-state index in [9.17, 15) is 5.11 Å². The van der Waals surface area contributed by atoms with Gasteiger partial charge in [0.1, 0.15) is 6.10 Å². The van der Waals surface area contributed by atoms with Gasteiger partial charge in [-0.15, -0.1) is 0 Å². The molecular formula is C9H9NO2. The standard InChI is InChI=1S/C9H9NO2/c1-10-8-4-2-3-7(5-8)9(12)6-11/h2-5,9,11-12H,6H2. The first-order chi connectivity index (χ1) is 5.77. The van der Waals surface area contributed by atoms with Gasteiger partial charge in [0.15, 0.2) is 5.69 Å². The monoisotopic (exact) mass is 163 g/mol. The van der Waals surface area contributed by atoms with E-state index in [-0.39, 0.29) is 6.61 Å². The highest BCUT2D eigenvalue weighted by Gasteiger charge is 2.04. The number of aliphatic hydroxyl groups is 2. The van der Waals surface area contributed by atoms with Crippen molar-refractivity contribution >= 4 is 5.69 Å². The van der Waals surface area contributed by atoms with Crippen molar-refractivity contribution in [1.29, 1.82) is 0 Å². The average Bonchev–Trinajstić information content (AvgIpc) is 2.17. The van der Waals surface area contributed by atoms with Gasteiger partial charge in [-0.1, -0.05) is 24.3 Å². The minimum atomic E-state index is -0.883. The molecule has 0 amide bonds. The Bertz CT molecular complexity index is 304. The SMILES string of the molecule is [C-]#[N+]c1cccc(C(O)CO)c1. The maximum atomic E-state index is 9.20. The molecule has 2 N–H and O–H groups in total. The number of rotatable bonds is 2. The lowest BCUT2D eigenvalue weighted by atomic mass is 10.1. The van der Waals surface area contributed by atoms with Gasteiger partial charge in [0.25, 0.3) is 0 Å². The van der Waals surface area contributed by atoms with Crippen LogP contribution in [0.4, 0.5) is 5.69 Å². The minimum absolute atomic E-state index is 0.318. The summed E-state index contributed by atoms with van der Waals surface area (Å²) < 4.78 is 0. The van der Waals surface area contributed by atoms with Gasteiger partial charge >= 0.3 is 0 Å². The molecule has 12 heavy (non-hydrogen) atoms. The summed E-state index contributed by atoms with van der Waals surface area (Å²) >= 11 is 0. The van der Waals surface area contributed by atoms with E-state index in [1.807, 2.05) is 0 Å². The van der Waals surface area contributed by atoms with Crippen molar-refractivity contribution in [2.75, 3.05) is 6.61 Å². The molecule has 0 aliphatic rings. The predicted molar refractivity (Wildman–Crippen MR) is 44.7 cm³/mol. The van der Waals surface area contributed by atoms with Gasteiger partial charge in [-0.05, 0) is 5.56 Å². The van der Waals surface area contributed by atoms with Crippen LogP contribution in [0.15, 0.2) is 24.3 Å². The summed E-state index contributed by atoms with van der Waals surface area (Å²) in [4.78, 5) is 3.21. The summed E-state index contributed by atoms with van der Waals surface area (Å²) in [5.74, 6) is 0. The normalized spacial score (nSPS) is 12.1. The van der Waals surface area contributed by atoms with Crippen LogP contribution in [0, 0.1) is 6.57 Å². The van der Waals surface area contributed by atoms with E-state index >= 15 is 0 Å². The first kappa shape index (κ1) is 8.72. The highest BCUT2D eigenvalue weighted by atomic mass is 16.3. The van der Waals surface area contributed by atoms with E-state index in [2.05, 4.69) is 4.85 Å². The van der Waals surface area contributed by atoms with E-state index in [1.165, 1.54) is 0 Å². The number of benzene rings is 1. The van der Waals surface area contributed by atoms with Crippen molar-refractivity contribution in [3.05, 3.63) is 41.2 Å². The van der Waals surface area contributed by atoms with Crippen LogP contribution in [-0.4, -0.2) is 16.8 Å². The Balaban J connectivity index is 2.95. The molecule has 0 radical (unpaired) electrons. The van der Waals surface area contributed by atoms with Crippen LogP contribution in [-0.2, 0) is 0 Å². The number of hydrogen-bond donors (Lipinski definition) is 2. The molecule has 0 heterocycles. The van der Waals surface area contributed by atoms with Gasteiger partial charge in [0, 0.05) is 0 Å². The molecule has 0 aliphatic carbocycles. The molecule has 0 aromatic heterocycles. The zero-order valence-electron chi connectivity index (χ0n) is 6.44. The van der Waals surface area contributed by atoms with Crippen LogP contribution in [0.3, 0.4) is 0 Å². The Morgan fingerprint density at radius 1 is 1.50 bits per heavy atom. The fourth-order valence-corrected chi connectivity index (χ4v) is 0.907. The van der Waals surface area contributed by atoms with Gasteiger partial charge in [-0.3, -0.25) is 0 Å². The van der Waals surface area contributed by atoms with E-state index in [0.717, 1.165) is 0 Å². The first-order valence-electron chi connectivity index (χ1n) is 3.54. The third-order valence-corrected chi connectivity index (χ3v) is 1.56. The molecule has 3 heteroatoms. The van der Waals surface area contributed by atoms with E-state index in [4.69, 9.17) is 11.7 Å². The molecule has 0 bridgehead atoms. The lowest BCUT2D eigenvalue weighted by molar-refractivity contribution is 0.0957. The fraction of sp³-hybridized carbons (Fsp3) is 0.222. The zero-order chi connectivity index (χ0) is 8.97. The van der Waals surface area contributed by atoms with E-state index < -0.39 is 6.10 Å². The minimum Gasteiger partial charge on any atom is -0.393 e. The molecule has 0 saturated carbocycles. The summed E-state index contributed by atoms with van der Waals surface area (Å²) in [5.41, 5.74) is 1.05. The van der Waals surface area contributed by atoms with Crippen LogP contribution in [0.25, 0.3) is 4.85 Å². The quantitative estimate of drug-likeness (QED) is 0.645. The molecule has 0 spiro atoms. The number of nitrogens with zero attached hydrogens (tertiary/aromatic N) is 1. The summed E-state index contributed by atoms with van der Waals surface area (Å²) in [6.07, 6.45) is -0.883.